The molecule has 0 bridgehead atoms. The molecule has 0 aliphatic rings. The maximum absolute atomic E-state index is 5.62. The van der Waals surface area contributed by atoms with Crippen LogP contribution in [0.2, 0.25) is 0 Å². The summed E-state index contributed by atoms with van der Waals surface area (Å²) in [5, 5.41) is 0. The van der Waals surface area contributed by atoms with Crippen LogP contribution in [0.15, 0.2) is 22.7 Å². The van der Waals surface area contributed by atoms with Gasteiger partial charge < -0.3 is 15.4 Å². The molecule has 0 aliphatic heterocycles. The molecule has 0 spiro atoms. The Hall–Kier alpha value is -0.580. The van der Waals surface area contributed by atoms with E-state index in [-0.39, 0.29) is 0 Å². The fourth-order valence-corrected chi connectivity index (χ4v) is 1.67. The van der Waals surface area contributed by atoms with Gasteiger partial charge in [-0.25, -0.2) is 0 Å². The van der Waals surface area contributed by atoms with Gasteiger partial charge in [0.25, 0.3) is 0 Å². The molecule has 0 unspecified atom stereocenters. The van der Waals surface area contributed by atoms with Crippen LogP contribution in [0.5, 0.6) is 5.75 Å². The molecule has 0 aromatic heterocycles. The van der Waals surface area contributed by atoms with Gasteiger partial charge in [0.2, 0.25) is 0 Å². The molecule has 1 rings (SSSR count). The quantitative estimate of drug-likeness (QED) is 0.889. The Bertz CT molecular complexity index is 315. The second kappa shape index (κ2) is 6.10. The zero-order chi connectivity index (χ0) is 11.3. The normalized spacial score (nSPS) is 10.7. The first kappa shape index (κ1) is 12.5. The Morgan fingerprint density at radius 1 is 1.40 bits per heavy atom. The molecule has 0 atom stereocenters. The number of ether oxygens (including phenoxy) is 1. The number of benzene rings is 1. The maximum atomic E-state index is 5.62. The number of likely N-dealkylation sites (N-methyl/N-ethyl adjacent to an activating group) is 1. The molecule has 0 saturated heterocycles. The van der Waals surface area contributed by atoms with Gasteiger partial charge in [0.05, 0.1) is 4.47 Å². The van der Waals surface area contributed by atoms with Crippen molar-refractivity contribution in [3.63, 3.8) is 0 Å². The predicted molar refractivity (Wildman–Crippen MR) is 66.1 cm³/mol. The first-order valence-corrected chi connectivity index (χ1v) is 5.69. The van der Waals surface area contributed by atoms with E-state index < -0.39 is 0 Å². The van der Waals surface area contributed by atoms with E-state index in [0.717, 1.165) is 22.3 Å². The van der Waals surface area contributed by atoms with Crippen molar-refractivity contribution < 1.29 is 4.74 Å². The van der Waals surface area contributed by atoms with Crippen molar-refractivity contribution in [3.05, 3.63) is 28.2 Å². The molecule has 0 amide bonds. The molecule has 3 nitrogen and oxygen atoms in total. The summed E-state index contributed by atoms with van der Waals surface area (Å²) < 4.78 is 6.58. The Labute approximate surface area is 99.3 Å². The van der Waals surface area contributed by atoms with Crippen LogP contribution >= 0.6 is 15.9 Å². The lowest BCUT2D eigenvalue weighted by Gasteiger charge is -2.12. The third kappa shape index (κ3) is 4.20. The molecule has 0 aliphatic carbocycles. The Kier molecular flexibility index (Phi) is 5.08. The van der Waals surface area contributed by atoms with Crippen molar-refractivity contribution in [2.75, 3.05) is 27.2 Å². The second-order valence-corrected chi connectivity index (χ2v) is 4.47. The first-order valence-electron chi connectivity index (χ1n) is 4.89. The summed E-state index contributed by atoms with van der Waals surface area (Å²) in [6.45, 7) is 2.15. The van der Waals surface area contributed by atoms with E-state index in [4.69, 9.17) is 10.5 Å². The van der Waals surface area contributed by atoms with Crippen molar-refractivity contribution in [3.8, 4) is 5.75 Å². The summed E-state index contributed by atoms with van der Waals surface area (Å²) >= 11 is 3.46. The molecule has 0 radical (unpaired) electrons. The summed E-state index contributed by atoms with van der Waals surface area (Å²) in [6.07, 6.45) is 0. The standard InChI is InChI=1S/C11H17BrN2O/c1-14(2)5-6-15-11-4-3-9(8-13)7-10(11)12/h3-4,7H,5-6,8,13H2,1-2H3. The average molecular weight is 273 g/mol. The van der Waals surface area contributed by atoms with E-state index >= 15 is 0 Å². The molecule has 1 aromatic carbocycles. The van der Waals surface area contributed by atoms with Crippen LogP contribution in [0, 0.1) is 0 Å². The highest BCUT2D eigenvalue weighted by Crippen LogP contribution is 2.25. The number of rotatable bonds is 5. The second-order valence-electron chi connectivity index (χ2n) is 3.62. The van der Waals surface area contributed by atoms with Crippen LogP contribution in [0.4, 0.5) is 0 Å². The highest BCUT2D eigenvalue weighted by molar-refractivity contribution is 9.10. The van der Waals surface area contributed by atoms with Crippen molar-refractivity contribution in [1.82, 2.24) is 4.90 Å². The van der Waals surface area contributed by atoms with Crippen molar-refractivity contribution >= 4 is 15.9 Å². The van der Waals surface area contributed by atoms with Gasteiger partial charge in [-0.3, -0.25) is 0 Å². The third-order valence-electron chi connectivity index (χ3n) is 2.03. The lowest BCUT2D eigenvalue weighted by molar-refractivity contribution is 0.260. The van der Waals surface area contributed by atoms with E-state index in [1.165, 1.54) is 0 Å². The minimum absolute atomic E-state index is 0.552. The minimum Gasteiger partial charge on any atom is -0.491 e. The molecule has 1 aromatic rings. The predicted octanol–water partition coefficient (Wildman–Crippen LogP) is 1.85. The highest BCUT2D eigenvalue weighted by atomic mass is 79.9. The van der Waals surface area contributed by atoms with Crippen molar-refractivity contribution in [2.45, 2.75) is 6.54 Å². The van der Waals surface area contributed by atoms with Crippen LogP contribution in [-0.2, 0) is 6.54 Å². The fraction of sp³-hybridized carbons (Fsp3) is 0.455. The summed E-state index contributed by atoms with van der Waals surface area (Å²) in [4.78, 5) is 2.09. The van der Waals surface area contributed by atoms with Gasteiger partial charge in [0, 0.05) is 13.1 Å². The van der Waals surface area contributed by atoms with Gasteiger partial charge in [0.15, 0.2) is 0 Å². The molecule has 84 valence electrons. The van der Waals surface area contributed by atoms with Gasteiger partial charge in [-0.15, -0.1) is 0 Å². The lowest BCUT2D eigenvalue weighted by atomic mass is 10.2. The maximum Gasteiger partial charge on any atom is 0.133 e. The summed E-state index contributed by atoms with van der Waals surface area (Å²) in [5.41, 5.74) is 6.64. The Balaban J connectivity index is 2.54. The highest BCUT2D eigenvalue weighted by Gasteiger charge is 2.02. The lowest BCUT2D eigenvalue weighted by Crippen LogP contribution is -2.19. The Morgan fingerprint density at radius 3 is 2.67 bits per heavy atom. The molecule has 2 N–H and O–H groups in total. The van der Waals surface area contributed by atoms with Gasteiger partial charge >= 0.3 is 0 Å². The van der Waals surface area contributed by atoms with Gasteiger partial charge in [-0.2, -0.15) is 0 Å². The van der Waals surface area contributed by atoms with Crippen LogP contribution in [0.25, 0.3) is 0 Å². The number of nitrogens with zero attached hydrogens (tertiary/aromatic N) is 1. The van der Waals surface area contributed by atoms with Crippen LogP contribution < -0.4 is 10.5 Å². The van der Waals surface area contributed by atoms with Crippen LogP contribution in [-0.4, -0.2) is 32.1 Å². The van der Waals surface area contributed by atoms with Gasteiger partial charge in [-0.1, -0.05) is 6.07 Å². The van der Waals surface area contributed by atoms with Gasteiger partial charge in [0.1, 0.15) is 12.4 Å². The molecular weight excluding hydrogens is 256 g/mol. The van der Waals surface area contributed by atoms with E-state index in [0.29, 0.717) is 13.2 Å². The average Bonchev–Trinajstić information content (AvgIpc) is 2.20. The summed E-state index contributed by atoms with van der Waals surface area (Å²) in [6, 6.07) is 5.92. The molecule has 0 heterocycles. The molecule has 0 saturated carbocycles. The van der Waals surface area contributed by atoms with E-state index in [1.54, 1.807) is 0 Å². The minimum atomic E-state index is 0.552. The largest absolute Gasteiger partial charge is 0.491 e. The van der Waals surface area contributed by atoms with Crippen molar-refractivity contribution in [2.24, 2.45) is 5.73 Å². The first-order chi connectivity index (χ1) is 7.13. The zero-order valence-corrected chi connectivity index (χ0v) is 10.8. The van der Waals surface area contributed by atoms with Gasteiger partial charge in [-0.05, 0) is 47.7 Å². The van der Waals surface area contributed by atoms with Crippen LogP contribution in [0.3, 0.4) is 0 Å². The SMILES string of the molecule is CN(C)CCOc1ccc(CN)cc1Br. The summed E-state index contributed by atoms with van der Waals surface area (Å²) in [7, 11) is 4.05. The topological polar surface area (TPSA) is 38.5 Å². The number of halogens is 1. The monoisotopic (exact) mass is 272 g/mol. The smallest absolute Gasteiger partial charge is 0.133 e. The van der Waals surface area contributed by atoms with E-state index in [9.17, 15) is 0 Å². The van der Waals surface area contributed by atoms with E-state index in [2.05, 4.69) is 20.8 Å². The summed E-state index contributed by atoms with van der Waals surface area (Å²) in [5.74, 6) is 0.869. The third-order valence-corrected chi connectivity index (χ3v) is 2.65. The van der Waals surface area contributed by atoms with Crippen LogP contribution in [0.1, 0.15) is 5.56 Å². The molecule has 0 fully saturated rings. The zero-order valence-electron chi connectivity index (χ0n) is 9.16. The number of nitrogens with two attached hydrogens (primary N) is 1. The number of hydrogen-bond donors (Lipinski definition) is 1. The van der Waals surface area contributed by atoms with E-state index in [1.807, 2.05) is 32.3 Å². The fourth-order valence-electron chi connectivity index (χ4n) is 1.13. The Morgan fingerprint density at radius 2 is 2.13 bits per heavy atom. The number of hydrogen-bond acceptors (Lipinski definition) is 3. The molecular formula is C11H17BrN2O. The van der Waals surface area contributed by atoms with Crippen molar-refractivity contribution in [1.29, 1.82) is 0 Å². The molecule has 15 heavy (non-hydrogen) atoms. The molecule has 4 heteroatoms.